The van der Waals surface area contributed by atoms with Gasteiger partial charge in [0.1, 0.15) is 4.32 Å². The van der Waals surface area contributed by atoms with Crippen LogP contribution in [0.4, 0.5) is 0 Å². The Morgan fingerprint density at radius 2 is 1.72 bits per heavy atom. The summed E-state index contributed by atoms with van der Waals surface area (Å²) in [6.07, 6.45) is 1.20. The molecule has 0 aliphatic heterocycles. The number of thioether (sulfide) groups is 2. The molecule has 1 nitrogen and oxygen atoms in total. The summed E-state index contributed by atoms with van der Waals surface area (Å²) in [6.45, 7) is 6.55. The predicted molar refractivity (Wildman–Crippen MR) is 92.1 cm³/mol. The molecule has 0 spiro atoms. The largest absolute Gasteiger partial charge is 0.359 e. The predicted octanol–water partition coefficient (Wildman–Crippen LogP) is 4.82. The summed E-state index contributed by atoms with van der Waals surface area (Å²) in [6, 6.07) is 8.69. The van der Waals surface area contributed by atoms with Crippen molar-refractivity contribution >= 4 is 52.7 Å². The zero-order chi connectivity index (χ0) is 13.5. The summed E-state index contributed by atoms with van der Waals surface area (Å²) in [4.78, 5) is 2.58. The minimum absolute atomic E-state index is 0.239. The standard InChI is InChI=1S/C13H19NS4/c1-4-9(2)17-11-5-7-12(8-6-11)18-10(3)14-13(15)16/h5-10H,4H2,1-3H3,(H2,14,15,16). The molecule has 2 atom stereocenters. The van der Waals surface area contributed by atoms with Gasteiger partial charge in [0.15, 0.2) is 0 Å². The van der Waals surface area contributed by atoms with Gasteiger partial charge in [-0.25, -0.2) is 0 Å². The molecule has 0 fully saturated rings. The van der Waals surface area contributed by atoms with Crippen LogP contribution in [0, 0.1) is 0 Å². The lowest BCUT2D eigenvalue weighted by Crippen LogP contribution is -2.24. The zero-order valence-electron chi connectivity index (χ0n) is 10.8. The molecule has 0 aliphatic rings. The molecular weight excluding hydrogens is 298 g/mol. The lowest BCUT2D eigenvalue weighted by molar-refractivity contribution is 0.905. The third-order valence-corrected chi connectivity index (χ3v) is 4.92. The van der Waals surface area contributed by atoms with Crippen LogP contribution in [0.1, 0.15) is 27.2 Å². The molecule has 1 N–H and O–H groups in total. The van der Waals surface area contributed by atoms with Crippen LogP contribution in [-0.4, -0.2) is 14.9 Å². The van der Waals surface area contributed by atoms with Crippen molar-refractivity contribution in [3.8, 4) is 0 Å². The first-order valence-corrected chi connectivity index (χ1v) is 8.55. The third-order valence-electron chi connectivity index (χ3n) is 2.38. The second-order valence-electron chi connectivity index (χ2n) is 4.02. The number of hydrogen-bond donors (Lipinski definition) is 2. The van der Waals surface area contributed by atoms with Crippen molar-refractivity contribution in [2.75, 3.05) is 0 Å². The first-order valence-electron chi connectivity index (χ1n) is 5.94. The van der Waals surface area contributed by atoms with Crippen LogP contribution in [-0.2, 0) is 0 Å². The molecular formula is C13H19NS4. The first-order chi connectivity index (χ1) is 8.51. The van der Waals surface area contributed by atoms with Crippen LogP contribution < -0.4 is 5.32 Å². The van der Waals surface area contributed by atoms with Crippen LogP contribution >= 0.6 is 48.4 Å². The van der Waals surface area contributed by atoms with Crippen LogP contribution in [0.2, 0.25) is 0 Å². The van der Waals surface area contributed by atoms with Gasteiger partial charge in [-0.05, 0) is 37.6 Å². The SMILES string of the molecule is CCC(C)Sc1ccc(SC(C)NC(=S)S)cc1. The van der Waals surface area contributed by atoms with Crippen LogP contribution in [0.15, 0.2) is 34.1 Å². The Morgan fingerprint density at radius 3 is 2.17 bits per heavy atom. The van der Waals surface area contributed by atoms with E-state index in [1.165, 1.54) is 16.2 Å². The number of thiocarbonyl (C=S) groups is 1. The maximum Gasteiger partial charge on any atom is 0.131 e. The van der Waals surface area contributed by atoms with Gasteiger partial charge in [0.25, 0.3) is 0 Å². The van der Waals surface area contributed by atoms with Gasteiger partial charge in [-0.1, -0.05) is 26.1 Å². The van der Waals surface area contributed by atoms with E-state index in [1.807, 2.05) is 11.8 Å². The van der Waals surface area contributed by atoms with Crippen LogP contribution in [0.25, 0.3) is 0 Å². The minimum atomic E-state index is 0.239. The monoisotopic (exact) mass is 317 g/mol. The maximum atomic E-state index is 4.91. The summed E-state index contributed by atoms with van der Waals surface area (Å²) in [5.74, 6) is 0. The molecule has 2 unspecified atom stereocenters. The summed E-state index contributed by atoms with van der Waals surface area (Å²) >= 11 is 12.7. The Kier molecular flexibility index (Phi) is 7.53. The Labute approximate surface area is 129 Å². The van der Waals surface area contributed by atoms with Crippen molar-refractivity contribution in [1.82, 2.24) is 5.32 Å². The first kappa shape index (κ1) is 16.2. The fraction of sp³-hybridized carbons (Fsp3) is 0.462. The summed E-state index contributed by atoms with van der Waals surface area (Å²) in [5.41, 5.74) is 0. The van der Waals surface area contributed by atoms with Gasteiger partial charge in [-0.3, -0.25) is 0 Å². The van der Waals surface area contributed by atoms with Crippen molar-refractivity contribution in [1.29, 1.82) is 0 Å². The van der Waals surface area contributed by atoms with Crippen LogP contribution in [0.3, 0.4) is 0 Å². The van der Waals surface area contributed by atoms with Crippen molar-refractivity contribution < 1.29 is 0 Å². The van der Waals surface area contributed by atoms with Gasteiger partial charge < -0.3 is 5.32 Å². The second kappa shape index (κ2) is 8.35. The van der Waals surface area contributed by atoms with Crippen LogP contribution in [0.5, 0.6) is 0 Å². The topological polar surface area (TPSA) is 12.0 Å². The Morgan fingerprint density at radius 1 is 1.22 bits per heavy atom. The fourth-order valence-corrected chi connectivity index (χ4v) is 3.66. The molecule has 0 radical (unpaired) electrons. The highest BCUT2D eigenvalue weighted by atomic mass is 32.2. The molecule has 1 aromatic rings. The molecule has 0 aromatic heterocycles. The van der Waals surface area contributed by atoms with E-state index in [1.54, 1.807) is 11.8 Å². The van der Waals surface area contributed by atoms with Gasteiger partial charge in [0.05, 0.1) is 5.37 Å². The average molecular weight is 318 g/mol. The number of thiol groups is 1. The lowest BCUT2D eigenvalue weighted by Gasteiger charge is -2.13. The molecule has 0 saturated carbocycles. The molecule has 0 aliphatic carbocycles. The van der Waals surface area contributed by atoms with Crippen molar-refractivity contribution in [2.45, 2.75) is 47.6 Å². The van der Waals surface area contributed by atoms with Crippen molar-refractivity contribution in [2.24, 2.45) is 0 Å². The molecule has 18 heavy (non-hydrogen) atoms. The Balaban J connectivity index is 2.52. The molecule has 0 amide bonds. The van der Waals surface area contributed by atoms with Crippen molar-refractivity contribution in [3.05, 3.63) is 24.3 Å². The van der Waals surface area contributed by atoms with E-state index in [4.69, 9.17) is 12.2 Å². The highest BCUT2D eigenvalue weighted by Gasteiger charge is 2.05. The normalized spacial score (nSPS) is 14.0. The smallest absolute Gasteiger partial charge is 0.131 e. The number of rotatable bonds is 6. The minimum Gasteiger partial charge on any atom is -0.359 e. The average Bonchev–Trinajstić information content (AvgIpc) is 2.30. The summed E-state index contributed by atoms with van der Waals surface area (Å²) in [7, 11) is 0. The number of nitrogens with one attached hydrogen (secondary N) is 1. The molecule has 100 valence electrons. The maximum absolute atomic E-state index is 4.91. The highest BCUT2D eigenvalue weighted by Crippen LogP contribution is 2.28. The highest BCUT2D eigenvalue weighted by molar-refractivity contribution is 8.11. The summed E-state index contributed by atoms with van der Waals surface area (Å²) in [5, 5.41) is 4.01. The molecule has 0 bridgehead atoms. The Bertz CT molecular complexity index is 377. The van der Waals surface area contributed by atoms with E-state index in [0.717, 1.165) is 0 Å². The quantitative estimate of drug-likeness (QED) is 0.337. The fourth-order valence-electron chi connectivity index (χ4n) is 1.32. The van der Waals surface area contributed by atoms with Crippen molar-refractivity contribution in [3.63, 3.8) is 0 Å². The molecule has 1 rings (SSSR count). The number of benzene rings is 1. The van der Waals surface area contributed by atoms with E-state index >= 15 is 0 Å². The molecule has 0 heterocycles. The van der Waals surface area contributed by atoms with E-state index in [0.29, 0.717) is 9.57 Å². The number of hydrogen-bond acceptors (Lipinski definition) is 3. The third kappa shape index (κ3) is 6.36. The molecule has 1 aromatic carbocycles. The van der Waals surface area contributed by atoms with Gasteiger partial charge in [0, 0.05) is 15.0 Å². The van der Waals surface area contributed by atoms with Gasteiger partial charge in [-0.15, -0.1) is 36.2 Å². The zero-order valence-corrected chi connectivity index (χ0v) is 14.2. The van der Waals surface area contributed by atoms with E-state index in [2.05, 4.69) is 63.0 Å². The van der Waals surface area contributed by atoms with E-state index in [9.17, 15) is 0 Å². The van der Waals surface area contributed by atoms with E-state index in [-0.39, 0.29) is 5.37 Å². The van der Waals surface area contributed by atoms with Gasteiger partial charge in [-0.2, -0.15) is 0 Å². The van der Waals surface area contributed by atoms with Gasteiger partial charge >= 0.3 is 0 Å². The molecule has 5 heteroatoms. The summed E-state index contributed by atoms with van der Waals surface area (Å²) < 4.78 is 0.541. The Hall–Kier alpha value is 0.160. The van der Waals surface area contributed by atoms with Gasteiger partial charge in [0.2, 0.25) is 0 Å². The molecule has 0 saturated heterocycles. The lowest BCUT2D eigenvalue weighted by atomic mass is 10.4. The second-order valence-corrected chi connectivity index (χ2v) is 8.10. The van der Waals surface area contributed by atoms with E-state index < -0.39 is 0 Å².